The molecule has 96 heavy (non-hydrogen) atoms. The maximum absolute atomic E-state index is 14.2. The minimum Gasteiger partial charge on any atom is -0.459 e. The standard InChI is InChI=1S/C39H72O10.C39H70O8/c1-15-29-39(44,19-40)33(42)24(6)31(41)21(3)17-38(13,14)34(49-36-23(5)20(2)16-22(4)45-36)25(7)32(26(8)35(43)47-29)48-30-18-37(11,12)27(9)28(10)46-30;1-16-30-24(6)33(41)25(7)32(40)21(3)18-39(14,15)35(47-37-23(5)20(2)17-22(4)43-37)26(8)34(27(9)36(42)45-30)46-31-19-38(12,13)28(10)29(11)44-31/h20-34,36,40-42,44H,15-19H2,1-14H3;20-23,25-35,37,40-41H,6,16-19H2,1-5,7-15H3/t20-,21+,22+,23+,24-,25-,26+,27-,28-,29+,30-,31-,32-,33?,34+,36-,39+;20-,21+,22+,23+,25-,26-,27+,28-,29-,30+,31-,32-,33?,34-,35+,37-/m00/s1. The summed E-state index contributed by atoms with van der Waals surface area (Å²) >= 11 is 0. The first-order chi connectivity index (χ1) is 44.1. The predicted molar refractivity (Wildman–Crippen MR) is 373 cm³/mol. The van der Waals surface area contributed by atoms with Gasteiger partial charge in [-0.2, -0.15) is 0 Å². The van der Waals surface area contributed by atoms with Gasteiger partial charge in [-0.1, -0.05) is 159 Å². The summed E-state index contributed by atoms with van der Waals surface area (Å²) in [4.78, 5) is 28.2. The van der Waals surface area contributed by atoms with Gasteiger partial charge in [-0.05, 0) is 143 Å². The quantitative estimate of drug-likeness (QED) is 0.0831. The van der Waals surface area contributed by atoms with Gasteiger partial charge in [0, 0.05) is 48.3 Å². The molecule has 0 spiro atoms. The molecular formula is C78H142O18. The lowest BCUT2D eigenvalue weighted by Gasteiger charge is -2.50. The summed E-state index contributed by atoms with van der Waals surface area (Å²) in [7, 11) is 0. The van der Waals surface area contributed by atoms with Crippen LogP contribution >= 0.6 is 0 Å². The fourth-order valence-electron chi connectivity index (χ4n) is 17.7. The molecule has 0 aromatic carbocycles. The van der Waals surface area contributed by atoms with Crippen LogP contribution in [-0.2, 0) is 57.0 Å². The van der Waals surface area contributed by atoms with E-state index in [2.05, 4.69) is 138 Å². The molecule has 0 aromatic rings. The second-order valence-electron chi connectivity index (χ2n) is 35.2. The van der Waals surface area contributed by atoms with E-state index in [1.54, 1.807) is 20.8 Å². The van der Waals surface area contributed by atoms with Gasteiger partial charge in [0.25, 0.3) is 0 Å². The fraction of sp³-hybridized carbons (Fsp3) is 0.949. The molecule has 6 N–H and O–H groups in total. The normalized spacial score (nSPS) is 48.0. The van der Waals surface area contributed by atoms with Gasteiger partial charge in [0.15, 0.2) is 30.8 Å². The summed E-state index contributed by atoms with van der Waals surface area (Å²) in [5.41, 5.74) is -2.95. The van der Waals surface area contributed by atoms with E-state index in [1.165, 1.54) is 0 Å². The Bertz CT molecular complexity index is 2430. The van der Waals surface area contributed by atoms with Crippen LogP contribution in [0.5, 0.6) is 0 Å². The van der Waals surface area contributed by atoms with Gasteiger partial charge < -0.3 is 78.0 Å². The Balaban J connectivity index is 0.000000348. The molecule has 0 saturated carbocycles. The van der Waals surface area contributed by atoms with Crippen LogP contribution in [-0.4, -0.2) is 165 Å². The molecule has 6 fully saturated rings. The van der Waals surface area contributed by atoms with E-state index in [0.29, 0.717) is 61.3 Å². The molecule has 0 radical (unpaired) electrons. The summed E-state index contributed by atoms with van der Waals surface area (Å²) in [5.74, 6) is -3.34. The first-order valence-corrected chi connectivity index (χ1v) is 37.5. The Morgan fingerprint density at radius 2 is 0.844 bits per heavy atom. The summed E-state index contributed by atoms with van der Waals surface area (Å²) in [5, 5.41) is 68.2. The molecule has 0 aromatic heterocycles. The van der Waals surface area contributed by atoms with Crippen LogP contribution in [0.15, 0.2) is 12.2 Å². The second-order valence-corrected chi connectivity index (χ2v) is 35.2. The molecule has 0 aliphatic carbocycles. The van der Waals surface area contributed by atoms with Crippen LogP contribution in [0, 0.1) is 105 Å². The van der Waals surface area contributed by atoms with Crippen LogP contribution in [0.3, 0.4) is 0 Å². The van der Waals surface area contributed by atoms with Crippen LogP contribution in [0.4, 0.5) is 0 Å². The van der Waals surface area contributed by atoms with Gasteiger partial charge in [0.2, 0.25) is 0 Å². The monoisotopic (exact) mass is 1370 g/mol. The highest BCUT2D eigenvalue weighted by atomic mass is 16.7. The van der Waals surface area contributed by atoms with Gasteiger partial charge >= 0.3 is 11.9 Å². The lowest BCUT2D eigenvalue weighted by atomic mass is 9.68. The molecule has 0 bridgehead atoms. The van der Waals surface area contributed by atoms with Crippen LogP contribution in [0.1, 0.15) is 245 Å². The van der Waals surface area contributed by atoms with E-state index in [1.807, 2.05) is 41.5 Å². The minimum absolute atomic E-state index is 0.0126. The summed E-state index contributed by atoms with van der Waals surface area (Å²) in [6.45, 7) is 61.1. The highest BCUT2D eigenvalue weighted by molar-refractivity contribution is 5.73. The first-order valence-electron chi connectivity index (χ1n) is 37.5. The molecule has 6 aliphatic rings. The van der Waals surface area contributed by atoms with Crippen molar-refractivity contribution in [3.8, 4) is 0 Å². The van der Waals surface area contributed by atoms with E-state index < -0.39 is 145 Å². The SMILES string of the molecule is C=C1C(O)[C@@H](C)[C@@H](O)[C@H](C)CC(C)(C)[C@H](O[C@@H]2O[C@H](C)C[C@H](C)[C@H]2C)[C@@H](C)[C@H](O[C@H]2CC(C)(C)[C@@H](C)[C@H](C)O2)[C@@H](C)C(=O)O[C@@H]1CC.CC[C@H]1OC(=O)[C@H](C)[C@@H](O[C@H]2CC(C)(C)[C@@H](C)[C@H](C)O2)[C@H](C)[C@@H](O[C@@H]2O[C@H](C)C[C@H](C)[C@H]2C)C(C)(C)C[C@@H](C)[C@H](O)[C@H](C)C(O)[C@@]1(O)CO. The molecule has 562 valence electrons. The van der Waals surface area contributed by atoms with E-state index >= 15 is 0 Å². The smallest absolute Gasteiger partial charge is 0.311 e. The average molecular weight is 1370 g/mol. The molecule has 0 amide bonds. The lowest BCUT2D eigenvalue weighted by molar-refractivity contribution is -0.295. The molecule has 6 heterocycles. The van der Waals surface area contributed by atoms with E-state index in [0.717, 1.165) is 12.8 Å². The number of carbonyl (C=O) groups is 2. The summed E-state index contributed by atoms with van der Waals surface area (Å²) < 4.78 is 65.9. The zero-order valence-corrected chi connectivity index (χ0v) is 65.1. The number of hydrogen-bond acceptors (Lipinski definition) is 18. The minimum atomic E-state index is -2.19. The first kappa shape index (κ1) is 84.8. The fourth-order valence-corrected chi connectivity index (χ4v) is 17.7. The molecule has 6 rings (SSSR count). The Hall–Kier alpha value is -1.88. The third-order valence-electron chi connectivity index (χ3n) is 25.5. The Labute approximate surface area is 581 Å². The highest BCUT2D eigenvalue weighted by Crippen LogP contribution is 2.50. The van der Waals surface area contributed by atoms with Crippen molar-refractivity contribution in [3.63, 3.8) is 0 Å². The molecule has 6 aliphatic heterocycles. The zero-order valence-electron chi connectivity index (χ0n) is 65.1. The van der Waals surface area contributed by atoms with Gasteiger partial charge in [0.05, 0.1) is 91.7 Å². The molecule has 33 atom stereocenters. The third-order valence-corrected chi connectivity index (χ3v) is 25.5. The Morgan fingerprint density at radius 1 is 0.469 bits per heavy atom. The number of carbonyl (C=O) groups excluding carboxylic acids is 2. The number of aliphatic hydroxyl groups is 6. The van der Waals surface area contributed by atoms with Gasteiger partial charge in [-0.25, -0.2) is 0 Å². The number of aliphatic hydroxyl groups excluding tert-OH is 5. The van der Waals surface area contributed by atoms with Crippen molar-refractivity contribution in [1.82, 2.24) is 0 Å². The molecule has 6 saturated heterocycles. The average Bonchev–Trinajstić information content (AvgIpc) is 0.787. The van der Waals surface area contributed by atoms with Crippen molar-refractivity contribution < 1.29 is 87.6 Å². The summed E-state index contributed by atoms with van der Waals surface area (Å²) in [6.07, 6.45) is -5.72. The summed E-state index contributed by atoms with van der Waals surface area (Å²) in [6, 6.07) is 0. The van der Waals surface area contributed by atoms with Gasteiger partial charge in [0.1, 0.15) is 12.2 Å². The number of cyclic esters (lactones) is 2. The van der Waals surface area contributed by atoms with Crippen molar-refractivity contribution in [2.24, 2.45) is 105 Å². The zero-order chi connectivity index (χ0) is 73.1. The van der Waals surface area contributed by atoms with Crippen molar-refractivity contribution in [3.05, 3.63) is 12.2 Å². The molecular weight excluding hydrogens is 1220 g/mol. The van der Waals surface area contributed by atoms with Crippen molar-refractivity contribution >= 4 is 11.9 Å². The second kappa shape index (κ2) is 34.1. The Morgan fingerprint density at radius 3 is 1.20 bits per heavy atom. The Kier molecular flexibility index (Phi) is 30.2. The van der Waals surface area contributed by atoms with Gasteiger partial charge in [-0.3, -0.25) is 9.59 Å². The van der Waals surface area contributed by atoms with Crippen LogP contribution in [0.2, 0.25) is 0 Å². The van der Waals surface area contributed by atoms with Gasteiger partial charge in [-0.15, -0.1) is 0 Å². The van der Waals surface area contributed by atoms with E-state index in [9.17, 15) is 40.2 Å². The van der Waals surface area contributed by atoms with Crippen molar-refractivity contribution in [2.75, 3.05) is 6.61 Å². The number of rotatable bonds is 11. The lowest BCUT2D eigenvalue weighted by Crippen LogP contribution is -2.61. The third kappa shape index (κ3) is 19.7. The molecule has 2 unspecified atom stereocenters. The van der Waals surface area contributed by atoms with Crippen LogP contribution in [0.25, 0.3) is 0 Å². The van der Waals surface area contributed by atoms with E-state index in [4.69, 9.17) is 47.4 Å². The number of ether oxygens (including phenoxy) is 10. The van der Waals surface area contributed by atoms with Crippen LogP contribution < -0.4 is 0 Å². The maximum Gasteiger partial charge on any atom is 0.311 e. The predicted octanol–water partition coefficient (Wildman–Crippen LogP) is 13.2. The topological polar surface area (TPSA) is 248 Å². The van der Waals surface area contributed by atoms with E-state index in [-0.39, 0.29) is 77.2 Å². The number of esters is 2. The van der Waals surface area contributed by atoms with Crippen molar-refractivity contribution in [1.29, 1.82) is 0 Å². The van der Waals surface area contributed by atoms with Crippen molar-refractivity contribution in [2.45, 2.75) is 361 Å². The highest BCUT2D eigenvalue weighted by Gasteiger charge is 2.55. The number of hydrogen-bond donors (Lipinski definition) is 6. The molecule has 18 heteroatoms. The molecule has 18 nitrogen and oxygen atoms in total. The maximum atomic E-state index is 14.2. The largest absolute Gasteiger partial charge is 0.459 e.